The first-order valence-corrected chi connectivity index (χ1v) is 7.03. The Morgan fingerprint density at radius 2 is 2.32 bits per heavy atom. The lowest BCUT2D eigenvalue weighted by atomic mass is 10.2. The summed E-state index contributed by atoms with van der Waals surface area (Å²) in [6.45, 7) is 2.13. The first-order valence-electron chi connectivity index (χ1n) is 6.15. The van der Waals surface area contributed by atoms with Gasteiger partial charge in [-0.15, -0.1) is 11.3 Å². The number of rotatable bonds is 4. The van der Waals surface area contributed by atoms with Gasteiger partial charge in [-0.25, -0.2) is 9.97 Å². The highest BCUT2D eigenvalue weighted by molar-refractivity contribution is 7.09. The molecule has 0 saturated heterocycles. The third-order valence-electron chi connectivity index (χ3n) is 2.95. The number of nitrogens with one attached hydrogen (secondary N) is 1. The summed E-state index contributed by atoms with van der Waals surface area (Å²) in [5.74, 6) is 0.634. The third kappa shape index (κ3) is 2.58. The number of hydrogen-bond donors (Lipinski definition) is 1. The molecular formula is C13H15N5S. The number of nitrogens with zero attached hydrogens (tertiary/aromatic N) is 4. The van der Waals surface area contributed by atoms with Crippen LogP contribution in [-0.4, -0.2) is 25.6 Å². The minimum Gasteiger partial charge on any atom is -0.351 e. The van der Waals surface area contributed by atoms with Crippen LogP contribution in [0.15, 0.2) is 30.0 Å². The standard InChI is InChI=1S/C13H15N5S/c1-9(6-10-4-3-5-19-10)16-13-14-7-11-12(17-13)15-8-18(11)2/h3-5,7-9H,6H2,1-2H3,(H,14,16,17)/t9-/m1/s1. The quantitative estimate of drug-likeness (QED) is 0.793. The van der Waals surface area contributed by atoms with Crippen molar-refractivity contribution in [3.05, 3.63) is 34.9 Å². The fraction of sp³-hybridized carbons (Fsp3) is 0.308. The van der Waals surface area contributed by atoms with Crippen molar-refractivity contribution in [3.8, 4) is 0 Å². The molecule has 5 nitrogen and oxygen atoms in total. The fourth-order valence-electron chi connectivity index (χ4n) is 1.99. The highest BCUT2D eigenvalue weighted by Gasteiger charge is 2.08. The highest BCUT2D eigenvalue weighted by atomic mass is 32.1. The summed E-state index contributed by atoms with van der Waals surface area (Å²) in [5.41, 5.74) is 1.67. The molecule has 19 heavy (non-hydrogen) atoms. The minimum absolute atomic E-state index is 0.291. The molecule has 0 spiro atoms. The summed E-state index contributed by atoms with van der Waals surface area (Å²) < 4.78 is 1.91. The molecule has 1 atom stereocenters. The van der Waals surface area contributed by atoms with Gasteiger partial charge >= 0.3 is 0 Å². The van der Waals surface area contributed by atoms with Crippen LogP contribution in [-0.2, 0) is 13.5 Å². The van der Waals surface area contributed by atoms with Crippen molar-refractivity contribution < 1.29 is 0 Å². The molecule has 0 aliphatic carbocycles. The van der Waals surface area contributed by atoms with E-state index in [0.717, 1.165) is 17.6 Å². The zero-order valence-corrected chi connectivity index (χ0v) is 11.7. The Hall–Kier alpha value is -1.95. The zero-order valence-electron chi connectivity index (χ0n) is 10.9. The van der Waals surface area contributed by atoms with E-state index in [1.807, 2.05) is 11.6 Å². The molecule has 0 saturated carbocycles. The summed E-state index contributed by atoms with van der Waals surface area (Å²) in [4.78, 5) is 14.3. The van der Waals surface area contributed by atoms with Gasteiger partial charge in [0.25, 0.3) is 0 Å². The fourth-order valence-corrected chi connectivity index (χ4v) is 2.82. The number of imidazole rings is 1. The molecule has 0 radical (unpaired) electrons. The molecule has 1 N–H and O–H groups in total. The second-order valence-electron chi connectivity index (χ2n) is 4.59. The van der Waals surface area contributed by atoms with E-state index in [0.29, 0.717) is 12.0 Å². The number of aromatic nitrogens is 4. The van der Waals surface area contributed by atoms with Gasteiger partial charge in [0.15, 0.2) is 5.65 Å². The van der Waals surface area contributed by atoms with E-state index in [-0.39, 0.29) is 0 Å². The van der Waals surface area contributed by atoms with Crippen molar-refractivity contribution in [3.63, 3.8) is 0 Å². The maximum atomic E-state index is 4.41. The van der Waals surface area contributed by atoms with E-state index in [1.165, 1.54) is 4.88 Å². The van der Waals surface area contributed by atoms with E-state index in [4.69, 9.17) is 0 Å². The molecule has 0 unspecified atom stereocenters. The SMILES string of the molecule is C[C@H](Cc1cccs1)Nc1ncc2c(ncn2C)n1. The van der Waals surface area contributed by atoms with Crippen LogP contribution >= 0.6 is 11.3 Å². The van der Waals surface area contributed by atoms with Crippen LogP contribution in [0, 0.1) is 0 Å². The maximum Gasteiger partial charge on any atom is 0.225 e. The monoisotopic (exact) mass is 273 g/mol. The summed E-state index contributed by atoms with van der Waals surface area (Å²) in [6, 6.07) is 4.51. The van der Waals surface area contributed by atoms with Crippen molar-refractivity contribution in [1.82, 2.24) is 19.5 Å². The van der Waals surface area contributed by atoms with Crippen LogP contribution in [0.5, 0.6) is 0 Å². The number of fused-ring (bicyclic) bond motifs is 1. The van der Waals surface area contributed by atoms with Crippen LogP contribution in [0.3, 0.4) is 0 Å². The van der Waals surface area contributed by atoms with Crippen LogP contribution < -0.4 is 5.32 Å². The molecule has 3 rings (SSSR count). The average molecular weight is 273 g/mol. The summed E-state index contributed by atoms with van der Waals surface area (Å²) in [5, 5.41) is 5.41. The van der Waals surface area contributed by atoms with Gasteiger partial charge in [0, 0.05) is 24.4 Å². The van der Waals surface area contributed by atoms with Gasteiger partial charge in [-0.1, -0.05) is 6.07 Å². The van der Waals surface area contributed by atoms with Crippen molar-refractivity contribution in [2.24, 2.45) is 7.05 Å². The predicted octanol–water partition coefficient (Wildman–Crippen LogP) is 2.47. The van der Waals surface area contributed by atoms with Gasteiger partial charge in [0.1, 0.15) is 5.52 Å². The molecule has 98 valence electrons. The van der Waals surface area contributed by atoms with Crippen LogP contribution in [0.25, 0.3) is 11.2 Å². The third-order valence-corrected chi connectivity index (χ3v) is 3.84. The van der Waals surface area contributed by atoms with Gasteiger partial charge in [-0.2, -0.15) is 4.98 Å². The molecule has 3 aromatic rings. The first kappa shape index (κ1) is 12.1. The Kier molecular flexibility index (Phi) is 3.16. The highest BCUT2D eigenvalue weighted by Crippen LogP contribution is 2.14. The van der Waals surface area contributed by atoms with E-state index >= 15 is 0 Å². The van der Waals surface area contributed by atoms with Crippen LogP contribution in [0.1, 0.15) is 11.8 Å². The van der Waals surface area contributed by atoms with Gasteiger partial charge in [0.2, 0.25) is 5.95 Å². The van der Waals surface area contributed by atoms with Crippen molar-refractivity contribution in [2.45, 2.75) is 19.4 Å². The number of aryl methyl sites for hydroxylation is 1. The topological polar surface area (TPSA) is 55.6 Å². The van der Waals surface area contributed by atoms with Gasteiger partial charge in [0.05, 0.1) is 12.5 Å². The predicted molar refractivity (Wildman–Crippen MR) is 77.4 cm³/mol. The lowest BCUT2D eigenvalue weighted by Crippen LogP contribution is -2.19. The minimum atomic E-state index is 0.291. The Morgan fingerprint density at radius 3 is 3.11 bits per heavy atom. The molecule has 0 aromatic carbocycles. The van der Waals surface area contributed by atoms with Crippen molar-refractivity contribution in [2.75, 3.05) is 5.32 Å². The van der Waals surface area contributed by atoms with E-state index in [9.17, 15) is 0 Å². The molecule has 0 aliphatic heterocycles. The second kappa shape index (κ2) is 4.97. The lowest BCUT2D eigenvalue weighted by Gasteiger charge is -2.12. The first-order chi connectivity index (χ1) is 9.22. The van der Waals surface area contributed by atoms with Gasteiger partial charge < -0.3 is 9.88 Å². The average Bonchev–Trinajstić information content (AvgIpc) is 3.00. The Bertz CT molecular complexity index is 673. The number of hydrogen-bond acceptors (Lipinski definition) is 5. The smallest absolute Gasteiger partial charge is 0.225 e. The maximum absolute atomic E-state index is 4.41. The summed E-state index contributed by atoms with van der Waals surface area (Å²) in [7, 11) is 1.94. The largest absolute Gasteiger partial charge is 0.351 e. The normalized spacial score (nSPS) is 12.7. The molecule has 3 aromatic heterocycles. The molecule has 3 heterocycles. The van der Waals surface area contributed by atoms with Crippen molar-refractivity contribution in [1.29, 1.82) is 0 Å². The van der Waals surface area contributed by atoms with E-state index < -0.39 is 0 Å². The molecule has 0 bridgehead atoms. The summed E-state index contributed by atoms with van der Waals surface area (Å²) >= 11 is 1.77. The van der Waals surface area contributed by atoms with E-state index in [1.54, 1.807) is 23.9 Å². The van der Waals surface area contributed by atoms with Gasteiger partial charge in [-0.3, -0.25) is 0 Å². The number of anilines is 1. The van der Waals surface area contributed by atoms with E-state index in [2.05, 4.69) is 44.7 Å². The molecule has 0 aliphatic rings. The molecule has 6 heteroatoms. The van der Waals surface area contributed by atoms with Crippen LogP contribution in [0.4, 0.5) is 5.95 Å². The molecular weight excluding hydrogens is 258 g/mol. The Balaban J connectivity index is 1.73. The van der Waals surface area contributed by atoms with Crippen LogP contribution in [0.2, 0.25) is 0 Å². The number of thiophene rings is 1. The molecule has 0 fully saturated rings. The summed E-state index contributed by atoms with van der Waals surface area (Å²) in [6.07, 6.45) is 4.52. The molecule has 0 amide bonds. The van der Waals surface area contributed by atoms with Gasteiger partial charge in [-0.05, 0) is 18.4 Å². The Morgan fingerprint density at radius 1 is 1.42 bits per heavy atom. The Labute approximate surface area is 115 Å². The lowest BCUT2D eigenvalue weighted by molar-refractivity contribution is 0.787. The zero-order chi connectivity index (χ0) is 13.2. The second-order valence-corrected chi connectivity index (χ2v) is 5.62. The van der Waals surface area contributed by atoms with Crippen molar-refractivity contribution >= 4 is 28.4 Å².